The molecule has 2 atom stereocenters. The van der Waals surface area contributed by atoms with Crippen molar-refractivity contribution in [3.8, 4) is 0 Å². The molecule has 1 saturated heterocycles. The van der Waals surface area contributed by atoms with E-state index >= 15 is 0 Å². The van der Waals surface area contributed by atoms with E-state index in [1.54, 1.807) is 0 Å². The van der Waals surface area contributed by atoms with Gasteiger partial charge in [-0.05, 0) is 33.1 Å². The third-order valence-electron chi connectivity index (χ3n) is 4.30. The standard InChI is InChI=1S/C14H23N5O2/c1-3-21-12(20)11-9-15-13-16-14(17-19(13)10(11)2)18-7-5-4-6-8-18/h10-11H,3-9H2,1-2H3,(H,15,16,17). The van der Waals surface area contributed by atoms with Crippen LogP contribution in [0.3, 0.4) is 0 Å². The van der Waals surface area contributed by atoms with Crippen LogP contribution in [0.15, 0.2) is 0 Å². The minimum Gasteiger partial charge on any atom is -0.466 e. The molecule has 0 saturated carbocycles. The van der Waals surface area contributed by atoms with Crippen molar-refractivity contribution >= 4 is 17.9 Å². The van der Waals surface area contributed by atoms with Gasteiger partial charge in [0, 0.05) is 19.6 Å². The van der Waals surface area contributed by atoms with Crippen molar-refractivity contribution < 1.29 is 9.53 Å². The molecule has 0 aromatic carbocycles. The van der Waals surface area contributed by atoms with Gasteiger partial charge in [-0.25, -0.2) is 4.68 Å². The Morgan fingerprint density at radius 1 is 1.38 bits per heavy atom. The van der Waals surface area contributed by atoms with E-state index in [0.717, 1.165) is 25.0 Å². The van der Waals surface area contributed by atoms with E-state index in [4.69, 9.17) is 4.74 Å². The molecule has 0 aliphatic carbocycles. The molecule has 3 heterocycles. The Balaban J connectivity index is 1.78. The number of aromatic nitrogens is 3. The molecular formula is C14H23N5O2. The van der Waals surface area contributed by atoms with Crippen molar-refractivity contribution in [1.29, 1.82) is 0 Å². The van der Waals surface area contributed by atoms with Gasteiger partial charge < -0.3 is 15.0 Å². The molecule has 7 nitrogen and oxygen atoms in total. The summed E-state index contributed by atoms with van der Waals surface area (Å²) in [7, 11) is 0. The van der Waals surface area contributed by atoms with Crippen molar-refractivity contribution in [2.45, 2.75) is 39.2 Å². The summed E-state index contributed by atoms with van der Waals surface area (Å²) < 4.78 is 6.97. The Morgan fingerprint density at radius 3 is 2.86 bits per heavy atom. The van der Waals surface area contributed by atoms with Gasteiger partial charge in [-0.3, -0.25) is 4.79 Å². The number of fused-ring (bicyclic) bond motifs is 1. The fourth-order valence-corrected chi connectivity index (χ4v) is 3.02. The molecule has 21 heavy (non-hydrogen) atoms. The summed E-state index contributed by atoms with van der Waals surface area (Å²) in [6.07, 6.45) is 3.67. The zero-order chi connectivity index (χ0) is 14.8. The van der Waals surface area contributed by atoms with Crippen molar-refractivity contribution in [3.63, 3.8) is 0 Å². The van der Waals surface area contributed by atoms with Crippen LogP contribution in [0.4, 0.5) is 11.9 Å². The summed E-state index contributed by atoms with van der Waals surface area (Å²) in [5.41, 5.74) is 0. The molecule has 2 unspecified atom stereocenters. The zero-order valence-corrected chi connectivity index (χ0v) is 12.7. The number of anilines is 2. The second kappa shape index (κ2) is 5.91. The highest BCUT2D eigenvalue weighted by atomic mass is 16.5. The van der Waals surface area contributed by atoms with Crippen LogP contribution in [-0.2, 0) is 9.53 Å². The fourth-order valence-electron chi connectivity index (χ4n) is 3.02. The molecule has 1 aromatic rings. The number of ether oxygens (including phenoxy) is 1. The first-order valence-corrected chi connectivity index (χ1v) is 7.82. The van der Waals surface area contributed by atoms with Crippen LogP contribution in [0, 0.1) is 5.92 Å². The van der Waals surface area contributed by atoms with E-state index in [-0.39, 0.29) is 17.9 Å². The molecule has 0 radical (unpaired) electrons. The fraction of sp³-hybridized carbons (Fsp3) is 0.786. The van der Waals surface area contributed by atoms with Crippen LogP contribution >= 0.6 is 0 Å². The summed E-state index contributed by atoms with van der Waals surface area (Å²) in [4.78, 5) is 18.8. The average Bonchev–Trinajstić information content (AvgIpc) is 2.94. The van der Waals surface area contributed by atoms with Gasteiger partial charge in [0.15, 0.2) is 0 Å². The second-order valence-corrected chi connectivity index (χ2v) is 5.71. The molecule has 2 aliphatic heterocycles. The largest absolute Gasteiger partial charge is 0.466 e. The van der Waals surface area contributed by atoms with Gasteiger partial charge in [-0.1, -0.05) is 0 Å². The highest BCUT2D eigenvalue weighted by molar-refractivity contribution is 5.74. The average molecular weight is 293 g/mol. The van der Waals surface area contributed by atoms with Crippen LogP contribution < -0.4 is 10.2 Å². The predicted octanol–water partition coefficient (Wildman–Crippen LogP) is 1.43. The van der Waals surface area contributed by atoms with Gasteiger partial charge in [0.1, 0.15) is 0 Å². The number of rotatable bonds is 3. The topological polar surface area (TPSA) is 72.3 Å². The van der Waals surface area contributed by atoms with Gasteiger partial charge in [0.05, 0.1) is 18.6 Å². The molecule has 3 rings (SSSR count). The summed E-state index contributed by atoms with van der Waals surface area (Å²) in [5.74, 6) is 1.14. The first kappa shape index (κ1) is 14.2. The Hall–Kier alpha value is -1.79. The smallest absolute Gasteiger partial charge is 0.312 e. The van der Waals surface area contributed by atoms with E-state index in [0.29, 0.717) is 13.2 Å². The van der Waals surface area contributed by atoms with Crippen molar-refractivity contribution in [2.24, 2.45) is 5.92 Å². The Morgan fingerprint density at radius 2 is 2.14 bits per heavy atom. The molecule has 0 amide bonds. The molecule has 7 heteroatoms. The number of esters is 1. The first-order valence-electron chi connectivity index (χ1n) is 7.82. The molecular weight excluding hydrogens is 270 g/mol. The van der Waals surface area contributed by atoms with Gasteiger partial charge >= 0.3 is 5.97 Å². The number of hydrogen-bond donors (Lipinski definition) is 1. The van der Waals surface area contributed by atoms with E-state index in [1.165, 1.54) is 19.3 Å². The Bertz CT molecular complexity index is 509. The maximum Gasteiger partial charge on any atom is 0.312 e. The number of carbonyl (C=O) groups is 1. The number of carbonyl (C=O) groups excluding carboxylic acids is 1. The minimum absolute atomic E-state index is 0.0358. The SMILES string of the molecule is CCOC(=O)C1CNc2nc(N3CCCCC3)nn2C1C. The number of nitrogens with one attached hydrogen (secondary N) is 1. The van der Waals surface area contributed by atoms with Crippen LogP contribution in [0.2, 0.25) is 0 Å². The third kappa shape index (κ3) is 2.69. The maximum absolute atomic E-state index is 12.0. The molecule has 116 valence electrons. The first-order chi connectivity index (χ1) is 10.2. The van der Waals surface area contributed by atoms with Gasteiger partial charge in [0.2, 0.25) is 11.9 Å². The lowest BCUT2D eigenvalue weighted by Crippen LogP contribution is -2.37. The van der Waals surface area contributed by atoms with Gasteiger partial charge in [-0.15, -0.1) is 5.10 Å². The highest BCUT2D eigenvalue weighted by Gasteiger charge is 2.35. The molecule has 0 bridgehead atoms. The molecule has 1 aromatic heterocycles. The van der Waals surface area contributed by atoms with E-state index in [1.807, 2.05) is 18.5 Å². The normalized spacial score (nSPS) is 25.1. The summed E-state index contributed by atoms with van der Waals surface area (Å²) >= 11 is 0. The molecule has 1 fully saturated rings. The quantitative estimate of drug-likeness (QED) is 0.850. The minimum atomic E-state index is -0.214. The van der Waals surface area contributed by atoms with Crippen molar-refractivity contribution in [3.05, 3.63) is 0 Å². The summed E-state index contributed by atoms with van der Waals surface area (Å²) in [6, 6.07) is -0.0358. The molecule has 0 spiro atoms. The van der Waals surface area contributed by atoms with Crippen molar-refractivity contribution in [2.75, 3.05) is 36.5 Å². The van der Waals surface area contributed by atoms with Crippen LogP contribution in [0.25, 0.3) is 0 Å². The number of hydrogen-bond acceptors (Lipinski definition) is 6. The maximum atomic E-state index is 12.0. The zero-order valence-electron chi connectivity index (χ0n) is 12.7. The van der Waals surface area contributed by atoms with E-state index < -0.39 is 0 Å². The predicted molar refractivity (Wildman–Crippen MR) is 79.4 cm³/mol. The van der Waals surface area contributed by atoms with Crippen LogP contribution in [0.5, 0.6) is 0 Å². The monoisotopic (exact) mass is 293 g/mol. The van der Waals surface area contributed by atoms with E-state index in [9.17, 15) is 4.79 Å². The highest BCUT2D eigenvalue weighted by Crippen LogP contribution is 2.29. The lowest BCUT2D eigenvalue weighted by Gasteiger charge is -2.28. The van der Waals surface area contributed by atoms with Crippen LogP contribution in [0.1, 0.15) is 39.2 Å². The van der Waals surface area contributed by atoms with Crippen molar-refractivity contribution in [1.82, 2.24) is 14.8 Å². The third-order valence-corrected chi connectivity index (χ3v) is 4.30. The summed E-state index contributed by atoms with van der Waals surface area (Å²) in [5, 5.41) is 7.81. The lowest BCUT2D eigenvalue weighted by molar-refractivity contribution is -0.149. The lowest BCUT2D eigenvalue weighted by atomic mass is 10.0. The second-order valence-electron chi connectivity index (χ2n) is 5.71. The number of piperidine rings is 1. The Kier molecular flexibility index (Phi) is 3.98. The van der Waals surface area contributed by atoms with Gasteiger partial charge in [-0.2, -0.15) is 4.98 Å². The van der Waals surface area contributed by atoms with Crippen LogP contribution in [-0.4, -0.2) is 47.0 Å². The van der Waals surface area contributed by atoms with E-state index in [2.05, 4.69) is 20.3 Å². The molecule has 2 aliphatic rings. The Labute approximate surface area is 124 Å². The van der Waals surface area contributed by atoms with Gasteiger partial charge in [0.25, 0.3) is 0 Å². The number of nitrogens with zero attached hydrogens (tertiary/aromatic N) is 4. The summed E-state index contributed by atoms with van der Waals surface area (Å²) in [6.45, 7) is 6.82. The molecule has 1 N–H and O–H groups in total.